The molecule has 0 aliphatic rings. The molecule has 0 radical (unpaired) electrons. The van der Waals surface area contributed by atoms with Gasteiger partial charge in [0.1, 0.15) is 0 Å². The van der Waals surface area contributed by atoms with E-state index in [-0.39, 0.29) is 5.75 Å². The third-order valence-electron chi connectivity index (χ3n) is 3.12. The first-order chi connectivity index (χ1) is 11.6. The predicted octanol–water partition coefficient (Wildman–Crippen LogP) is 3.30. The van der Waals surface area contributed by atoms with E-state index >= 15 is 0 Å². The smallest absolute Gasteiger partial charge is 0.236 e. The van der Waals surface area contributed by atoms with Crippen molar-refractivity contribution in [3.8, 4) is 0 Å². The van der Waals surface area contributed by atoms with Crippen LogP contribution >= 0.6 is 11.8 Å². The highest BCUT2D eigenvalue weighted by molar-refractivity contribution is 7.98. The highest BCUT2D eigenvalue weighted by Gasteiger charge is 2.14. The fourth-order valence-corrected chi connectivity index (χ4v) is 4.21. The summed E-state index contributed by atoms with van der Waals surface area (Å²) in [6.45, 7) is 0. The number of hydrogen-bond acceptors (Lipinski definition) is 6. The molecule has 1 heterocycles. The number of nitrogens with one attached hydrogen (secondary N) is 1. The summed E-state index contributed by atoms with van der Waals surface area (Å²) in [5.41, 5.74) is 1.28. The molecule has 0 saturated carbocycles. The normalized spacial score (nSPS) is 11.3. The summed E-state index contributed by atoms with van der Waals surface area (Å²) in [5, 5.41) is 3.75. The van der Waals surface area contributed by atoms with Gasteiger partial charge in [-0.1, -0.05) is 47.6 Å². The van der Waals surface area contributed by atoms with Crippen molar-refractivity contribution in [2.75, 3.05) is 4.72 Å². The molecule has 0 bridgehead atoms. The molecule has 0 aliphatic heterocycles. The molecular formula is C16H15N3O3S2. The number of hydrogen-bond donors (Lipinski definition) is 1. The second kappa shape index (κ2) is 7.50. The minimum absolute atomic E-state index is 0.0717. The molecule has 3 rings (SSSR count). The van der Waals surface area contributed by atoms with Crippen LogP contribution in [-0.2, 0) is 21.5 Å². The van der Waals surface area contributed by atoms with Crippen molar-refractivity contribution in [1.82, 2.24) is 10.1 Å². The average Bonchev–Trinajstić information content (AvgIpc) is 3.07. The van der Waals surface area contributed by atoms with E-state index in [4.69, 9.17) is 4.52 Å². The number of sulfonamides is 1. The zero-order valence-electron chi connectivity index (χ0n) is 12.6. The van der Waals surface area contributed by atoms with Crippen LogP contribution in [0.4, 0.5) is 5.69 Å². The molecule has 124 valence electrons. The Kier molecular flexibility index (Phi) is 5.17. The Hall–Kier alpha value is -2.32. The van der Waals surface area contributed by atoms with Gasteiger partial charge in [0.15, 0.2) is 5.82 Å². The summed E-state index contributed by atoms with van der Waals surface area (Å²) in [6, 6.07) is 16.3. The molecular weight excluding hydrogens is 346 g/mol. The molecule has 6 nitrogen and oxygen atoms in total. The first kappa shape index (κ1) is 16.5. The zero-order chi connectivity index (χ0) is 16.8. The minimum atomic E-state index is -3.50. The van der Waals surface area contributed by atoms with Gasteiger partial charge in [-0.15, -0.1) is 11.8 Å². The molecule has 0 atom stereocenters. The van der Waals surface area contributed by atoms with E-state index < -0.39 is 10.0 Å². The largest absolute Gasteiger partial charge is 0.343 e. The summed E-state index contributed by atoms with van der Waals surface area (Å²) in [6.07, 6.45) is 1.27. The van der Waals surface area contributed by atoms with Crippen LogP contribution in [0.2, 0.25) is 0 Å². The lowest BCUT2D eigenvalue weighted by Crippen LogP contribution is -2.15. The second-order valence-electron chi connectivity index (χ2n) is 4.98. The van der Waals surface area contributed by atoms with Gasteiger partial charge in [0.05, 0.1) is 17.2 Å². The van der Waals surface area contributed by atoms with Crippen molar-refractivity contribution in [1.29, 1.82) is 0 Å². The van der Waals surface area contributed by atoms with Crippen LogP contribution < -0.4 is 4.72 Å². The van der Waals surface area contributed by atoms with Crippen LogP contribution in [0.25, 0.3) is 0 Å². The van der Waals surface area contributed by atoms with Gasteiger partial charge in [0, 0.05) is 4.90 Å². The Balaban J connectivity index is 1.72. The molecule has 1 N–H and O–H groups in total. The number of para-hydroxylation sites is 1. The van der Waals surface area contributed by atoms with E-state index in [0.717, 1.165) is 10.5 Å². The van der Waals surface area contributed by atoms with Crippen LogP contribution in [0.3, 0.4) is 0 Å². The number of thioether (sulfide) groups is 1. The van der Waals surface area contributed by atoms with Gasteiger partial charge in [-0.3, -0.25) is 4.72 Å². The van der Waals surface area contributed by atoms with Crippen molar-refractivity contribution in [2.45, 2.75) is 16.4 Å². The number of aromatic nitrogens is 2. The van der Waals surface area contributed by atoms with Crippen molar-refractivity contribution in [3.05, 3.63) is 72.4 Å². The molecule has 0 fully saturated rings. The van der Waals surface area contributed by atoms with Crippen LogP contribution in [0.15, 0.2) is 70.4 Å². The fraction of sp³-hybridized carbons (Fsp3) is 0.125. The van der Waals surface area contributed by atoms with Crippen LogP contribution in [-0.4, -0.2) is 18.6 Å². The van der Waals surface area contributed by atoms with E-state index in [2.05, 4.69) is 14.9 Å². The summed E-state index contributed by atoms with van der Waals surface area (Å²) >= 11 is 1.44. The first-order valence-corrected chi connectivity index (χ1v) is 9.78. The minimum Gasteiger partial charge on any atom is -0.343 e. The Labute approximate surface area is 144 Å². The number of anilines is 1. The quantitative estimate of drug-likeness (QED) is 0.650. The Bertz CT molecular complexity index is 882. The summed E-state index contributed by atoms with van der Waals surface area (Å²) in [7, 11) is -3.50. The summed E-state index contributed by atoms with van der Waals surface area (Å²) in [5.74, 6) is 0.980. The van der Waals surface area contributed by atoms with Gasteiger partial charge in [-0.05, 0) is 17.7 Å². The van der Waals surface area contributed by atoms with Crippen molar-refractivity contribution >= 4 is 27.5 Å². The van der Waals surface area contributed by atoms with Crippen LogP contribution in [0.1, 0.15) is 11.4 Å². The second-order valence-corrected chi connectivity index (χ2v) is 7.72. The Morgan fingerprint density at radius 2 is 1.79 bits per heavy atom. The van der Waals surface area contributed by atoms with E-state index in [1.165, 1.54) is 18.2 Å². The van der Waals surface area contributed by atoms with Crippen molar-refractivity contribution in [2.24, 2.45) is 0 Å². The summed E-state index contributed by atoms with van der Waals surface area (Å²) < 4.78 is 32.1. The SMILES string of the molecule is O=S(=O)(Cc1ccccc1)Nc1ccccc1SCc1ncon1. The molecule has 0 spiro atoms. The lowest BCUT2D eigenvalue weighted by molar-refractivity contribution is 0.412. The average molecular weight is 361 g/mol. The fourth-order valence-electron chi connectivity index (χ4n) is 2.07. The molecule has 1 aromatic heterocycles. The molecule has 0 saturated heterocycles. The van der Waals surface area contributed by atoms with E-state index in [9.17, 15) is 8.42 Å². The number of nitrogens with zero attached hydrogens (tertiary/aromatic N) is 2. The number of rotatable bonds is 7. The van der Waals surface area contributed by atoms with Crippen LogP contribution in [0, 0.1) is 0 Å². The first-order valence-electron chi connectivity index (χ1n) is 7.14. The van der Waals surface area contributed by atoms with E-state index in [0.29, 0.717) is 17.3 Å². The molecule has 2 aromatic carbocycles. The van der Waals surface area contributed by atoms with Crippen molar-refractivity contribution in [3.63, 3.8) is 0 Å². The van der Waals surface area contributed by atoms with Gasteiger partial charge in [-0.25, -0.2) is 8.42 Å². The summed E-state index contributed by atoms with van der Waals surface area (Å²) in [4.78, 5) is 4.76. The topological polar surface area (TPSA) is 85.1 Å². The van der Waals surface area contributed by atoms with Gasteiger partial charge in [0.2, 0.25) is 16.4 Å². The van der Waals surface area contributed by atoms with E-state index in [1.54, 1.807) is 24.3 Å². The van der Waals surface area contributed by atoms with Gasteiger partial charge < -0.3 is 4.52 Å². The maximum Gasteiger partial charge on any atom is 0.236 e. The van der Waals surface area contributed by atoms with Crippen LogP contribution in [0.5, 0.6) is 0 Å². The third-order valence-corrected chi connectivity index (χ3v) is 5.43. The van der Waals surface area contributed by atoms with Gasteiger partial charge >= 0.3 is 0 Å². The molecule has 8 heteroatoms. The molecule has 0 aliphatic carbocycles. The van der Waals surface area contributed by atoms with Crippen molar-refractivity contribution < 1.29 is 12.9 Å². The highest BCUT2D eigenvalue weighted by atomic mass is 32.2. The lowest BCUT2D eigenvalue weighted by Gasteiger charge is -2.12. The maximum absolute atomic E-state index is 12.4. The third kappa shape index (κ3) is 4.59. The monoisotopic (exact) mass is 361 g/mol. The molecule has 3 aromatic rings. The van der Waals surface area contributed by atoms with Gasteiger partial charge in [0.25, 0.3) is 0 Å². The molecule has 24 heavy (non-hydrogen) atoms. The Morgan fingerprint density at radius 3 is 2.54 bits per heavy atom. The number of benzene rings is 2. The highest BCUT2D eigenvalue weighted by Crippen LogP contribution is 2.30. The van der Waals surface area contributed by atoms with E-state index in [1.807, 2.05) is 30.3 Å². The standard InChI is InChI=1S/C16H15N3O3S2/c20-24(21,11-13-6-2-1-3-7-13)19-14-8-4-5-9-15(14)23-10-16-17-12-22-18-16/h1-9,12,19H,10-11H2. The lowest BCUT2D eigenvalue weighted by atomic mass is 10.2. The zero-order valence-corrected chi connectivity index (χ0v) is 14.3. The van der Waals surface area contributed by atoms with Gasteiger partial charge in [-0.2, -0.15) is 4.98 Å². The molecule has 0 amide bonds. The maximum atomic E-state index is 12.4. The molecule has 0 unspecified atom stereocenters. The Morgan fingerprint density at radius 1 is 1.04 bits per heavy atom. The predicted molar refractivity (Wildman–Crippen MR) is 93.0 cm³/mol.